The van der Waals surface area contributed by atoms with E-state index in [-0.39, 0.29) is 22.9 Å². The maximum absolute atomic E-state index is 15.5. The molecule has 6 rings (SSSR count). The Morgan fingerprint density at radius 1 is 0.953 bits per heavy atom. The Morgan fingerprint density at radius 3 is 2.40 bits per heavy atom. The number of ketones is 1. The van der Waals surface area contributed by atoms with Crippen molar-refractivity contribution < 1.29 is 18.7 Å². The number of morpholine rings is 1. The molecule has 2 N–H and O–H groups in total. The van der Waals surface area contributed by atoms with Crippen LogP contribution < -0.4 is 15.5 Å². The first-order valence-corrected chi connectivity index (χ1v) is 13.8. The summed E-state index contributed by atoms with van der Waals surface area (Å²) in [5.41, 5.74) is 4.76. The first-order valence-electron chi connectivity index (χ1n) is 13.8. The third-order valence-electron chi connectivity index (χ3n) is 7.00. The van der Waals surface area contributed by atoms with E-state index >= 15 is 4.39 Å². The topological polar surface area (TPSA) is 127 Å². The highest BCUT2D eigenvalue weighted by atomic mass is 19.1. The van der Waals surface area contributed by atoms with Gasteiger partial charge in [0.05, 0.1) is 30.5 Å². The zero-order valence-corrected chi connectivity index (χ0v) is 23.7. The van der Waals surface area contributed by atoms with Crippen LogP contribution in [-0.4, -0.2) is 62.9 Å². The molecule has 0 bridgehead atoms. The maximum Gasteiger partial charge on any atom is 0.323 e. The number of carbonyl (C=O) groups is 2. The number of amides is 2. The van der Waals surface area contributed by atoms with E-state index < -0.39 is 11.8 Å². The van der Waals surface area contributed by atoms with Crippen molar-refractivity contribution in [2.24, 2.45) is 7.05 Å². The third kappa shape index (κ3) is 6.33. The van der Waals surface area contributed by atoms with Crippen LogP contribution in [0.3, 0.4) is 0 Å². The third-order valence-corrected chi connectivity index (χ3v) is 7.00. The van der Waals surface area contributed by atoms with Gasteiger partial charge in [-0.05, 0) is 48.9 Å². The molecule has 0 aliphatic carbocycles. The number of ether oxygens (including phenoxy) is 1. The summed E-state index contributed by atoms with van der Waals surface area (Å²) >= 11 is 0. The average molecular weight is 581 g/mol. The maximum atomic E-state index is 15.5. The number of pyridine rings is 1. The van der Waals surface area contributed by atoms with Crippen molar-refractivity contribution in [3.63, 3.8) is 0 Å². The Kier molecular flexibility index (Phi) is 7.75. The van der Waals surface area contributed by atoms with E-state index in [1.54, 1.807) is 53.5 Å². The molecule has 0 atom stereocenters. The molecule has 1 aliphatic heterocycles. The minimum absolute atomic E-state index is 0.0569. The Morgan fingerprint density at radius 2 is 1.70 bits per heavy atom. The molecule has 0 radical (unpaired) electrons. The highest BCUT2D eigenvalue weighted by molar-refractivity contribution is 6.00. The first-order chi connectivity index (χ1) is 20.8. The molecule has 4 heterocycles. The van der Waals surface area contributed by atoms with Gasteiger partial charge in [0.25, 0.3) is 0 Å². The van der Waals surface area contributed by atoms with Gasteiger partial charge in [0, 0.05) is 61.5 Å². The molecule has 43 heavy (non-hydrogen) atoms. The summed E-state index contributed by atoms with van der Waals surface area (Å²) in [6.45, 7) is 3.87. The number of carbonyl (C=O) groups excluding carboxylic acids is 2. The number of urea groups is 1. The first kappa shape index (κ1) is 27.9. The number of aryl methyl sites for hydroxylation is 1. The molecule has 12 heteroatoms. The highest BCUT2D eigenvalue weighted by Crippen LogP contribution is 2.31. The molecule has 218 valence electrons. The summed E-state index contributed by atoms with van der Waals surface area (Å²) in [4.78, 5) is 40.1. The number of nitrogens with zero attached hydrogens (tertiary/aromatic N) is 6. The molecule has 1 saturated heterocycles. The molecule has 0 unspecified atom stereocenters. The number of hydrogen-bond donors (Lipinski definition) is 2. The van der Waals surface area contributed by atoms with Gasteiger partial charge in [0.15, 0.2) is 11.6 Å². The molecule has 1 fully saturated rings. The predicted octanol–water partition coefficient (Wildman–Crippen LogP) is 4.84. The normalized spacial score (nSPS) is 13.2. The summed E-state index contributed by atoms with van der Waals surface area (Å²) in [6, 6.07) is 12.7. The van der Waals surface area contributed by atoms with Crippen molar-refractivity contribution in [2.75, 3.05) is 41.8 Å². The zero-order valence-electron chi connectivity index (χ0n) is 23.7. The van der Waals surface area contributed by atoms with E-state index in [4.69, 9.17) is 14.7 Å². The summed E-state index contributed by atoms with van der Waals surface area (Å²) < 4.78 is 22.8. The van der Waals surface area contributed by atoms with Crippen LogP contribution in [0.2, 0.25) is 0 Å². The molecule has 1 aliphatic rings. The van der Waals surface area contributed by atoms with Crippen molar-refractivity contribution in [3.05, 3.63) is 78.5 Å². The van der Waals surface area contributed by atoms with Crippen molar-refractivity contribution in [3.8, 4) is 22.5 Å². The Labute approximate surface area is 246 Å². The number of nitrogens with one attached hydrogen (secondary N) is 2. The van der Waals surface area contributed by atoms with Gasteiger partial charge in [-0.3, -0.25) is 14.5 Å². The van der Waals surface area contributed by atoms with E-state index in [2.05, 4.69) is 25.6 Å². The van der Waals surface area contributed by atoms with Gasteiger partial charge in [0.1, 0.15) is 17.1 Å². The van der Waals surface area contributed by atoms with Gasteiger partial charge in [-0.1, -0.05) is 12.1 Å². The van der Waals surface area contributed by atoms with Crippen molar-refractivity contribution in [1.29, 1.82) is 0 Å². The number of aromatic nitrogens is 5. The number of anilines is 3. The number of rotatable bonds is 7. The highest BCUT2D eigenvalue weighted by Gasteiger charge is 2.21. The second kappa shape index (κ2) is 11.9. The van der Waals surface area contributed by atoms with Crippen LogP contribution in [0.25, 0.3) is 33.5 Å². The van der Waals surface area contributed by atoms with E-state index in [0.717, 1.165) is 16.7 Å². The van der Waals surface area contributed by atoms with Gasteiger partial charge in [0.2, 0.25) is 0 Å². The van der Waals surface area contributed by atoms with Crippen LogP contribution in [0, 0.1) is 5.82 Å². The summed E-state index contributed by atoms with van der Waals surface area (Å²) in [7, 11) is 1.84. The molecule has 2 amide bonds. The lowest BCUT2D eigenvalue weighted by Crippen LogP contribution is -2.37. The molecular formula is C31H29FN8O3. The van der Waals surface area contributed by atoms with E-state index in [0.29, 0.717) is 55.3 Å². The van der Waals surface area contributed by atoms with Crippen molar-refractivity contribution in [1.82, 2.24) is 24.7 Å². The van der Waals surface area contributed by atoms with Gasteiger partial charge in [-0.15, -0.1) is 0 Å². The minimum Gasteiger partial charge on any atom is -0.378 e. The molecule has 2 aromatic carbocycles. The molecular weight excluding hydrogens is 551 g/mol. The fraction of sp³-hybridized carbons (Fsp3) is 0.226. The van der Waals surface area contributed by atoms with Crippen molar-refractivity contribution in [2.45, 2.75) is 13.3 Å². The summed E-state index contributed by atoms with van der Waals surface area (Å²) in [5, 5.41) is 9.61. The predicted molar refractivity (Wildman–Crippen MR) is 161 cm³/mol. The summed E-state index contributed by atoms with van der Waals surface area (Å²) in [6.07, 6.45) is 5.73. The van der Waals surface area contributed by atoms with Crippen LogP contribution in [0.15, 0.2) is 67.1 Å². The molecule has 0 spiro atoms. The van der Waals surface area contributed by atoms with Crippen LogP contribution in [-0.2, 0) is 23.0 Å². The Hall–Kier alpha value is -5.23. The Bertz CT molecular complexity index is 1820. The zero-order chi connectivity index (χ0) is 29.9. The molecule has 11 nitrogen and oxygen atoms in total. The lowest BCUT2D eigenvalue weighted by atomic mass is 10.1. The molecule has 3 aromatic heterocycles. The molecule has 5 aromatic rings. The number of benzene rings is 2. The largest absolute Gasteiger partial charge is 0.378 e. The standard InChI is InChI=1S/C31H29FN8O3/c1-19(41)13-20-3-5-23(6-4-20)35-31(42)36-24-7-8-25(26(32)15-24)29-37-27-14-21(22-17-34-39(2)18-22)16-33-28(27)30(38-29)40-9-11-43-12-10-40/h3-8,14-18H,9-13H2,1-2H3,(H2,35,36,42). The fourth-order valence-corrected chi connectivity index (χ4v) is 4.91. The summed E-state index contributed by atoms with van der Waals surface area (Å²) in [5.74, 6) is 0.283. The Balaban J connectivity index is 1.27. The second-order valence-electron chi connectivity index (χ2n) is 10.3. The van der Waals surface area contributed by atoms with E-state index in [9.17, 15) is 9.59 Å². The number of hydrogen-bond acceptors (Lipinski definition) is 8. The monoisotopic (exact) mass is 580 g/mol. The van der Waals surface area contributed by atoms with Gasteiger partial charge >= 0.3 is 6.03 Å². The van der Waals surface area contributed by atoms with Crippen LogP contribution in [0.1, 0.15) is 12.5 Å². The SMILES string of the molecule is CC(=O)Cc1ccc(NC(=O)Nc2ccc(-c3nc(N4CCOCC4)c4ncc(-c5cnn(C)c5)cc4n3)c(F)c2)cc1. The van der Waals surface area contributed by atoms with Crippen LogP contribution >= 0.6 is 0 Å². The van der Waals surface area contributed by atoms with Gasteiger partial charge in [-0.25, -0.2) is 19.2 Å². The number of fused-ring (bicyclic) bond motifs is 1. The van der Waals surface area contributed by atoms with Crippen LogP contribution in [0.5, 0.6) is 0 Å². The van der Waals surface area contributed by atoms with Gasteiger partial charge in [-0.2, -0.15) is 5.10 Å². The van der Waals surface area contributed by atoms with E-state index in [1.165, 1.54) is 13.0 Å². The minimum atomic E-state index is -0.588. The smallest absolute Gasteiger partial charge is 0.323 e. The van der Waals surface area contributed by atoms with Crippen LogP contribution in [0.4, 0.5) is 26.4 Å². The van der Waals surface area contributed by atoms with Gasteiger partial charge < -0.3 is 20.3 Å². The lowest BCUT2D eigenvalue weighted by molar-refractivity contribution is -0.116. The molecule has 0 saturated carbocycles. The number of halogens is 1. The quantitative estimate of drug-likeness (QED) is 0.280. The average Bonchev–Trinajstić information content (AvgIpc) is 3.44. The fourth-order valence-electron chi connectivity index (χ4n) is 4.91. The second-order valence-corrected chi connectivity index (χ2v) is 10.3. The van der Waals surface area contributed by atoms with E-state index in [1.807, 2.05) is 19.3 Å². The lowest BCUT2D eigenvalue weighted by Gasteiger charge is -2.28. The number of Topliss-reactive ketones (excluding diaryl/α,β-unsaturated/α-hetero) is 1. The van der Waals surface area contributed by atoms with Crippen molar-refractivity contribution >= 4 is 40.0 Å².